The van der Waals surface area contributed by atoms with Crippen molar-refractivity contribution in [1.82, 2.24) is 0 Å². The van der Waals surface area contributed by atoms with Gasteiger partial charge in [-0.15, -0.1) is 0 Å². The number of ketones is 1. The number of halogens is 2. The molecule has 0 aliphatic heterocycles. The molecule has 0 unspecified atom stereocenters. The highest BCUT2D eigenvalue weighted by molar-refractivity contribution is 14.1. The van der Waals surface area contributed by atoms with Crippen LogP contribution in [0, 0.1) is 13.7 Å². The number of carbonyl (C=O) groups excluding carboxylic acids is 1. The highest BCUT2D eigenvalue weighted by Crippen LogP contribution is 2.22. The van der Waals surface area contributed by atoms with E-state index in [9.17, 15) is 14.9 Å². The Balaban J connectivity index is 2.19. The Morgan fingerprint density at radius 3 is 2.45 bits per heavy atom. The number of carbonyl (C=O) groups is 1. The summed E-state index contributed by atoms with van der Waals surface area (Å²) in [6.07, 6.45) is 0.219. The fourth-order valence-electron chi connectivity index (χ4n) is 1.73. The van der Waals surface area contributed by atoms with Crippen molar-refractivity contribution in [3.05, 3.63) is 71.7 Å². The summed E-state index contributed by atoms with van der Waals surface area (Å²) in [7, 11) is 0. The Kier molecular flexibility index (Phi) is 4.87. The van der Waals surface area contributed by atoms with Crippen molar-refractivity contribution in [2.45, 2.75) is 6.42 Å². The number of non-ortho nitro benzene ring substituents is 1. The third kappa shape index (κ3) is 3.63. The molecule has 0 saturated heterocycles. The number of benzene rings is 2. The Bertz CT molecular complexity index is 671. The Hall–Kier alpha value is -1.28. The molecule has 0 fully saturated rings. The number of rotatable bonds is 4. The van der Waals surface area contributed by atoms with Gasteiger partial charge in [0, 0.05) is 32.2 Å². The lowest BCUT2D eigenvalue weighted by atomic mass is 10.0. The molecule has 102 valence electrons. The summed E-state index contributed by atoms with van der Waals surface area (Å²) in [5.74, 6) is -0.0238. The zero-order valence-corrected chi connectivity index (χ0v) is 13.9. The number of hydrogen-bond donors (Lipinski definition) is 0. The molecule has 2 aromatic rings. The van der Waals surface area contributed by atoms with E-state index >= 15 is 0 Å². The van der Waals surface area contributed by atoms with Gasteiger partial charge in [-0.25, -0.2) is 0 Å². The van der Waals surface area contributed by atoms with Crippen LogP contribution in [0.1, 0.15) is 15.9 Å². The maximum atomic E-state index is 12.2. The average Bonchev–Trinajstić information content (AvgIpc) is 2.42. The van der Waals surface area contributed by atoms with E-state index < -0.39 is 4.92 Å². The van der Waals surface area contributed by atoms with Crippen LogP contribution in [0.25, 0.3) is 0 Å². The molecule has 6 heteroatoms. The van der Waals surface area contributed by atoms with Crippen LogP contribution in [0.5, 0.6) is 0 Å². The summed E-state index contributed by atoms with van der Waals surface area (Å²) >= 11 is 5.51. The summed E-state index contributed by atoms with van der Waals surface area (Å²) in [4.78, 5) is 22.4. The minimum atomic E-state index is -0.457. The topological polar surface area (TPSA) is 60.2 Å². The summed E-state index contributed by atoms with van der Waals surface area (Å²) in [5.41, 5.74) is 1.40. The van der Waals surface area contributed by atoms with Gasteiger partial charge in [-0.1, -0.05) is 28.1 Å². The SMILES string of the molecule is O=C(Cc1ccc([N+](=O)[O-])cc1)c1cc(I)ccc1Br. The van der Waals surface area contributed by atoms with Crippen LogP contribution in [0.2, 0.25) is 0 Å². The number of nitrogens with zero attached hydrogens (tertiary/aromatic N) is 1. The predicted octanol–water partition coefficient (Wildman–Crippen LogP) is 4.39. The molecule has 0 saturated carbocycles. The number of nitro groups is 1. The lowest BCUT2D eigenvalue weighted by Crippen LogP contribution is -2.05. The summed E-state index contributed by atoms with van der Waals surface area (Å²) < 4.78 is 1.74. The normalized spacial score (nSPS) is 10.3. The molecule has 2 rings (SSSR count). The lowest BCUT2D eigenvalue weighted by Gasteiger charge is -2.05. The Labute approximate surface area is 137 Å². The van der Waals surface area contributed by atoms with Crippen molar-refractivity contribution in [2.75, 3.05) is 0 Å². The number of Topliss-reactive ketones (excluding diaryl/α,β-unsaturated/α-hetero) is 1. The third-order valence-electron chi connectivity index (χ3n) is 2.74. The standard InChI is InChI=1S/C14H9BrINO3/c15-13-6-3-10(16)8-12(13)14(18)7-9-1-4-11(5-2-9)17(19)20/h1-6,8H,7H2. The van der Waals surface area contributed by atoms with Crippen molar-refractivity contribution in [3.8, 4) is 0 Å². The van der Waals surface area contributed by atoms with E-state index in [0.717, 1.165) is 13.6 Å². The molecule has 0 heterocycles. The molecule has 0 aliphatic carbocycles. The minimum Gasteiger partial charge on any atom is -0.294 e. The molecule has 0 atom stereocenters. The van der Waals surface area contributed by atoms with E-state index in [0.29, 0.717) is 5.56 Å². The van der Waals surface area contributed by atoms with Crippen LogP contribution >= 0.6 is 38.5 Å². The quantitative estimate of drug-likeness (QED) is 0.303. The van der Waals surface area contributed by atoms with Gasteiger partial charge in [0.05, 0.1) is 4.92 Å². The molecule has 0 spiro atoms. The van der Waals surface area contributed by atoms with Crippen molar-refractivity contribution < 1.29 is 9.72 Å². The fraction of sp³-hybridized carbons (Fsp3) is 0.0714. The third-order valence-corrected chi connectivity index (χ3v) is 4.10. The minimum absolute atomic E-state index is 0.0238. The zero-order chi connectivity index (χ0) is 14.7. The maximum Gasteiger partial charge on any atom is 0.269 e. The Morgan fingerprint density at radius 2 is 1.85 bits per heavy atom. The van der Waals surface area contributed by atoms with Crippen LogP contribution in [0.4, 0.5) is 5.69 Å². The van der Waals surface area contributed by atoms with Gasteiger partial charge in [-0.2, -0.15) is 0 Å². The van der Waals surface area contributed by atoms with Crippen LogP contribution in [-0.2, 0) is 6.42 Å². The highest BCUT2D eigenvalue weighted by atomic mass is 127. The van der Waals surface area contributed by atoms with E-state index in [4.69, 9.17) is 0 Å². The van der Waals surface area contributed by atoms with Gasteiger partial charge >= 0.3 is 0 Å². The zero-order valence-electron chi connectivity index (χ0n) is 10.2. The van der Waals surface area contributed by atoms with Gasteiger partial charge in [0.15, 0.2) is 5.78 Å². The first-order valence-corrected chi connectivity index (χ1v) is 7.56. The Morgan fingerprint density at radius 1 is 1.20 bits per heavy atom. The largest absolute Gasteiger partial charge is 0.294 e. The summed E-state index contributed by atoms with van der Waals surface area (Å²) in [5, 5.41) is 10.6. The van der Waals surface area contributed by atoms with Gasteiger partial charge < -0.3 is 0 Å². The molecular weight excluding hydrogens is 437 g/mol. The molecule has 0 aromatic heterocycles. The lowest BCUT2D eigenvalue weighted by molar-refractivity contribution is -0.384. The molecule has 0 N–H and O–H groups in total. The molecule has 0 bridgehead atoms. The van der Waals surface area contributed by atoms with E-state index in [1.165, 1.54) is 12.1 Å². The monoisotopic (exact) mass is 445 g/mol. The van der Waals surface area contributed by atoms with E-state index in [2.05, 4.69) is 38.5 Å². The summed E-state index contributed by atoms with van der Waals surface area (Å²) in [6, 6.07) is 11.6. The molecule has 4 nitrogen and oxygen atoms in total. The molecule has 2 aromatic carbocycles. The molecule has 20 heavy (non-hydrogen) atoms. The first kappa shape index (κ1) is 15.1. The first-order chi connectivity index (χ1) is 9.47. The average molecular weight is 446 g/mol. The maximum absolute atomic E-state index is 12.2. The highest BCUT2D eigenvalue weighted by Gasteiger charge is 2.12. The van der Waals surface area contributed by atoms with Gasteiger partial charge in [-0.3, -0.25) is 14.9 Å². The molecule has 0 aliphatic rings. The number of hydrogen-bond acceptors (Lipinski definition) is 3. The van der Waals surface area contributed by atoms with E-state index in [1.54, 1.807) is 12.1 Å². The second-order valence-corrected chi connectivity index (χ2v) is 6.25. The predicted molar refractivity (Wildman–Crippen MR) is 88.0 cm³/mol. The number of nitro benzene ring substituents is 1. The van der Waals surface area contributed by atoms with Gasteiger partial charge in [0.25, 0.3) is 5.69 Å². The summed E-state index contributed by atoms with van der Waals surface area (Å²) in [6.45, 7) is 0. The molecule has 0 amide bonds. The van der Waals surface area contributed by atoms with Crippen LogP contribution in [-0.4, -0.2) is 10.7 Å². The van der Waals surface area contributed by atoms with Crippen molar-refractivity contribution in [1.29, 1.82) is 0 Å². The van der Waals surface area contributed by atoms with Gasteiger partial charge in [0.2, 0.25) is 0 Å². The first-order valence-electron chi connectivity index (χ1n) is 5.69. The van der Waals surface area contributed by atoms with Crippen molar-refractivity contribution in [2.24, 2.45) is 0 Å². The second-order valence-electron chi connectivity index (χ2n) is 4.15. The fourth-order valence-corrected chi connectivity index (χ4v) is 2.69. The molecular formula is C14H9BrINO3. The smallest absolute Gasteiger partial charge is 0.269 e. The van der Waals surface area contributed by atoms with Crippen molar-refractivity contribution in [3.63, 3.8) is 0 Å². The van der Waals surface area contributed by atoms with Crippen LogP contribution in [0.15, 0.2) is 46.9 Å². The van der Waals surface area contributed by atoms with Gasteiger partial charge in [0.1, 0.15) is 0 Å². The van der Waals surface area contributed by atoms with Crippen LogP contribution in [0.3, 0.4) is 0 Å². The van der Waals surface area contributed by atoms with E-state index in [1.807, 2.05) is 18.2 Å². The van der Waals surface area contributed by atoms with Crippen LogP contribution < -0.4 is 0 Å². The van der Waals surface area contributed by atoms with Crippen molar-refractivity contribution >= 4 is 50.0 Å². The second kappa shape index (κ2) is 6.45. The molecule has 0 radical (unpaired) electrons. The van der Waals surface area contributed by atoms with E-state index in [-0.39, 0.29) is 17.9 Å². The van der Waals surface area contributed by atoms with Gasteiger partial charge in [-0.05, 0) is 46.4 Å².